The quantitative estimate of drug-likeness (QED) is 0.438. The Morgan fingerprint density at radius 3 is 1.59 bits per heavy atom. The van der Waals surface area contributed by atoms with Crippen LogP contribution in [-0.4, -0.2) is 27.4 Å². The Bertz CT molecular complexity index is 264. The number of phosphoric ester groups is 1. The fraction of sp³-hybridized carbons (Fsp3) is 1.00. The second kappa shape index (κ2) is 7.58. The van der Waals surface area contributed by atoms with Crippen molar-refractivity contribution in [2.75, 3.05) is 18.4 Å². The summed E-state index contributed by atoms with van der Waals surface area (Å²) in [5.41, 5.74) is 0. The number of rotatable bonds is 8. The molecule has 0 aliphatic rings. The molecule has 0 N–H and O–H groups in total. The predicted octanol–water partition coefficient (Wildman–Crippen LogP) is 4.90. The van der Waals surface area contributed by atoms with E-state index in [9.17, 15) is 4.57 Å². The molecular weight excluding hydrogens is 380 g/mol. The Morgan fingerprint density at radius 1 is 1.00 bits per heavy atom. The van der Waals surface area contributed by atoms with Crippen molar-refractivity contribution in [3.05, 3.63) is 0 Å². The van der Waals surface area contributed by atoms with Gasteiger partial charge in [-0.2, -0.15) is 0 Å². The molecule has 0 saturated heterocycles. The van der Waals surface area contributed by atoms with Gasteiger partial charge in [0.2, 0.25) is 9.04 Å². The van der Waals surface area contributed by atoms with Gasteiger partial charge >= 0.3 is 7.82 Å². The molecule has 0 unspecified atom stereocenters. The fourth-order valence-corrected chi connectivity index (χ4v) is 3.12. The first-order chi connectivity index (χ1) is 7.60. The average molecular weight is 389 g/mol. The summed E-state index contributed by atoms with van der Waals surface area (Å²) in [6.07, 6.45) is 0. The lowest BCUT2D eigenvalue weighted by atomic mass is 10.8. The Morgan fingerprint density at radius 2 is 1.35 bits per heavy atom. The first-order valence-electron chi connectivity index (χ1n) is 4.13. The molecule has 11 heteroatoms. The summed E-state index contributed by atoms with van der Waals surface area (Å²) >= 11 is 33.1. The summed E-state index contributed by atoms with van der Waals surface area (Å²) in [5.74, 6) is -0.760. The number of alkyl halides is 6. The van der Waals surface area contributed by atoms with Crippen LogP contribution in [0.5, 0.6) is 0 Å². The summed E-state index contributed by atoms with van der Waals surface area (Å²) in [4.78, 5) is 0. The third-order valence-corrected chi connectivity index (χ3v) is 5.31. The minimum absolute atomic E-state index is 0.0183. The van der Waals surface area contributed by atoms with Gasteiger partial charge in [-0.1, -0.05) is 46.4 Å². The van der Waals surface area contributed by atoms with Crippen LogP contribution in [0.3, 0.4) is 0 Å². The van der Waals surface area contributed by atoms with E-state index in [0.29, 0.717) is 0 Å². The highest BCUT2D eigenvalue weighted by atomic mass is 35.5. The van der Waals surface area contributed by atoms with Crippen LogP contribution in [0.25, 0.3) is 0 Å². The van der Waals surface area contributed by atoms with Gasteiger partial charge in [-0.25, -0.2) is 13.6 Å². The molecule has 0 aromatic carbocycles. The van der Waals surface area contributed by atoms with E-state index in [1.54, 1.807) is 0 Å². The summed E-state index contributed by atoms with van der Waals surface area (Å²) in [7, 11) is -4.19. The standard InChI is InChI=1S/C6H9Cl6O4P/c1-2-14-17(13,15-5(9,10)3-7)16-6(11,12)4-8/h2-4H2,1H3. The maximum atomic E-state index is 12.0. The van der Waals surface area contributed by atoms with E-state index in [0.717, 1.165) is 0 Å². The fourth-order valence-electron chi connectivity index (χ4n) is 0.605. The zero-order valence-corrected chi connectivity index (χ0v) is 13.9. The molecule has 0 bridgehead atoms. The van der Waals surface area contributed by atoms with E-state index >= 15 is 0 Å². The molecule has 0 radical (unpaired) electrons. The van der Waals surface area contributed by atoms with E-state index < -0.39 is 16.9 Å². The first-order valence-corrected chi connectivity index (χ1v) is 8.17. The van der Waals surface area contributed by atoms with Gasteiger partial charge in [0.25, 0.3) is 0 Å². The highest BCUT2D eigenvalue weighted by molar-refractivity contribution is 7.48. The van der Waals surface area contributed by atoms with Crippen molar-refractivity contribution in [1.29, 1.82) is 0 Å². The van der Waals surface area contributed by atoms with Gasteiger partial charge in [-0.05, 0) is 6.92 Å². The van der Waals surface area contributed by atoms with Crippen molar-refractivity contribution < 1.29 is 18.1 Å². The third kappa shape index (κ3) is 7.88. The van der Waals surface area contributed by atoms with Gasteiger partial charge in [0.1, 0.15) is 0 Å². The molecule has 0 saturated carbocycles. The van der Waals surface area contributed by atoms with E-state index in [1.807, 2.05) is 0 Å². The molecule has 0 aromatic heterocycles. The Hall–Kier alpha value is 1.85. The lowest BCUT2D eigenvalue weighted by molar-refractivity contribution is 0.0860. The van der Waals surface area contributed by atoms with Crippen molar-refractivity contribution >= 4 is 77.4 Å². The normalized spacial score (nSPS) is 14.1. The number of phosphoric acid groups is 1. The van der Waals surface area contributed by atoms with E-state index in [-0.39, 0.29) is 18.4 Å². The smallest absolute Gasteiger partial charge is 0.287 e. The summed E-state index contributed by atoms with van der Waals surface area (Å²) in [5, 5.41) is 0. The molecule has 0 aliphatic heterocycles. The minimum atomic E-state index is -4.19. The van der Waals surface area contributed by atoms with Gasteiger partial charge in [0.05, 0.1) is 18.4 Å². The topological polar surface area (TPSA) is 44.8 Å². The van der Waals surface area contributed by atoms with Crippen molar-refractivity contribution in [2.24, 2.45) is 0 Å². The highest BCUT2D eigenvalue weighted by Gasteiger charge is 2.44. The molecule has 0 fully saturated rings. The maximum Gasteiger partial charge on any atom is 0.480 e. The zero-order valence-electron chi connectivity index (χ0n) is 8.47. The van der Waals surface area contributed by atoms with Crippen LogP contribution in [0, 0.1) is 0 Å². The van der Waals surface area contributed by atoms with Crippen LogP contribution in [0.2, 0.25) is 0 Å². The van der Waals surface area contributed by atoms with Crippen molar-refractivity contribution in [1.82, 2.24) is 0 Å². The highest BCUT2D eigenvalue weighted by Crippen LogP contribution is 2.58. The van der Waals surface area contributed by atoms with Gasteiger partial charge in [0.15, 0.2) is 0 Å². The number of halogens is 6. The molecular formula is C6H9Cl6O4P. The monoisotopic (exact) mass is 386 g/mol. The lowest BCUT2D eigenvalue weighted by Crippen LogP contribution is -2.25. The lowest BCUT2D eigenvalue weighted by Gasteiger charge is -2.27. The van der Waals surface area contributed by atoms with Gasteiger partial charge in [0, 0.05) is 0 Å². The Labute approximate surface area is 129 Å². The summed E-state index contributed by atoms with van der Waals surface area (Å²) in [6, 6.07) is 0. The van der Waals surface area contributed by atoms with Crippen LogP contribution in [0.15, 0.2) is 0 Å². The van der Waals surface area contributed by atoms with Crippen LogP contribution < -0.4 is 0 Å². The molecule has 104 valence electrons. The van der Waals surface area contributed by atoms with Gasteiger partial charge < -0.3 is 0 Å². The van der Waals surface area contributed by atoms with Crippen LogP contribution in [0.1, 0.15) is 6.92 Å². The SMILES string of the molecule is CCOP(=O)(OC(Cl)(Cl)CCl)OC(Cl)(Cl)CCl. The van der Waals surface area contributed by atoms with E-state index in [2.05, 4.69) is 0 Å². The molecule has 0 atom stereocenters. The molecule has 0 aliphatic carbocycles. The zero-order chi connectivity index (χ0) is 13.7. The maximum absolute atomic E-state index is 12.0. The minimum Gasteiger partial charge on any atom is -0.287 e. The number of hydrogen-bond donors (Lipinski definition) is 0. The Balaban J connectivity index is 4.86. The molecule has 4 nitrogen and oxygen atoms in total. The third-order valence-electron chi connectivity index (χ3n) is 1.09. The Kier molecular flexibility index (Phi) is 8.41. The second-order valence-corrected chi connectivity index (χ2v) is 7.47. The molecule has 0 heterocycles. The summed E-state index contributed by atoms with van der Waals surface area (Å²) in [6.45, 7) is 1.52. The van der Waals surface area contributed by atoms with Gasteiger partial charge in [-0.15, -0.1) is 23.2 Å². The molecule has 0 amide bonds. The molecule has 17 heavy (non-hydrogen) atoms. The second-order valence-electron chi connectivity index (χ2n) is 2.59. The van der Waals surface area contributed by atoms with Crippen molar-refractivity contribution in [3.63, 3.8) is 0 Å². The van der Waals surface area contributed by atoms with Gasteiger partial charge in [-0.3, -0.25) is 4.52 Å². The van der Waals surface area contributed by atoms with E-state index in [1.165, 1.54) is 6.92 Å². The summed E-state index contributed by atoms with van der Waals surface area (Å²) < 4.78 is 22.3. The van der Waals surface area contributed by atoms with Crippen LogP contribution in [0.4, 0.5) is 0 Å². The predicted molar refractivity (Wildman–Crippen MR) is 71.7 cm³/mol. The van der Waals surface area contributed by atoms with Crippen molar-refractivity contribution in [3.8, 4) is 0 Å². The van der Waals surface area contributed by atoms with Crippen molar-refractivity contribution in [2.45, 2.75) is 16.0 Å². The molecule has 0 aromatic rings. The van der Waals surface area contributed by atoms with Crippen LogP contribution >= 0.6 is 77.4 Å². The average Bonchev–Trinajstić information content (AvgIpc) is 2.16. The molecule has 0 rings (SSSR count). The van der Waals surface area contributed by atoms with E-state index in [4.69, 9.17) is 83.2 Å². The first kappa shape index (κ1) is 18.9. The number of hydrogen-bond acceptors (Lipinski definition) is 4. The van der Waals surface area contributed by atoms with Crippen LogP contribution in [-0.2, 0) is 18.1 Å². The largest absolute Gasteiger partial charge is 0.480 e. The molecule has 0 spiro atoms.